The Morgan fingerprint density at radius 2 is 2.28 bits per heavy atom. The van der Waals surface area contributed by atoms with Gasteiger partial charge in [-0.2, -0.15) is 0 Å². The largest absolute Gasteiger partial charge is 0.376 e. The molecule has 0 radical (unpaired) electrons. The van der Waals surface area contributed by atoms with Crippen LogP contribution >= 0.6 is 11.6 Å². The number of hydrogen-bond acceptors (Lipinski definition) is 3. The molecule has 0 spiro atoms. The van der Waals surface area contributed by atoms with Gasteiger partial charge in [0.15, 0.2) is 0 Å². The number of ether oxygens (including phenoxy) is 2. The van der Waals surface area contributed by atoms with E-state index in [2.05, 4.69) is 17.4 Å². The quantitative estimate of drug-likeness (QED) is 0.912. The molecule has 4 heteroatoms. The first kappa shape index (κ1) is 12.4. The standard InChI is InChI=1S/C14H18ClNO2/c15-11-2-3-13-10(7-11)1-4-14(13)16-8-12-9-17-5-6-18-12/h2-3,7,12,14,16H,1,4-6,8-9H2. The van der Waals surface area contributed by atoms with Crippen molar-refractivity contribution in [2.24, 2.45) is 0 Å². The van der Waals surface area contributed by atoms with E-state index < -0.39 is 0 Å². The molecular weight excluding hydrogens is 250 g/mol. The van der Waals surface area contributed by atoms with Crippen molar-refractivity contribution in [1.82, 2.24) is 5.32 Å². The van der Waals surface area contributed by atoms with Crippen LogP contribution in [0.2, 0.25) is 5.02 Å². The number of rotatable bonds is 3. The molecule has 0 amide bonds. The second kappa shape index (κ2) is 5.57. The first-order chi connectivity index (χ1) is 8.83. The van der Waals surface area contributed by atoms with Gasteiger partial charge in [-0.25, -0.2) is 0 Å². The summed E-state index contributed by atoms with van der Waals surface area (Å²) in [6.45, 7) is 2.99. The highest BCUT2D eigenvalue weighted by Gasteiger charge is 2.23. The molecule has 3 nitrogen and oxygen atoms in total. The van der Waals surface area contributed by atoms with Gasteiger partial charge in [-0.1, -0.05) is 17.7 Å². The van der Waals surface area contributed by atoms with Gasteiger partial charge in [-0.15, -0.1) is 0 Å². The van der Waals surface area contributed by atoms with Crippen molar-refractivity contribution in [2.45, 2.75) is 25.0 Å². The Morgan fingerprint density at radius 3 is 3.11 bits per heavy atom. The van der Waals surface area contributed by atoms with Crippen LogP contribution in [0.25, 0.3) is 0 Å². The van der Waals surface area contributed by atoms with E-state index in [1.54, 1.807) is 0 Å². The molecule has 1 aromatic rings. The Bertz CT molecular complexity index is 418. The molecule has 1 aliphatic heterocycles. The highest BCUT2D eigenvalue weighted by Crippen LogP contribution is 2.32. The Hall–Kier alpha value is -0.610. The predicted molar refractivity (Wildman–Crippen MR) is 71.1 cm³/mol. The normalized spacial score (nSPS) is 27.2. The summed E-state index contributed by atoms with van der Waals surface area (Å²) in [7, 11) is 0. The van der Waals surface area contributed by atoms with Crippen LogP contribution in [0.4, 0.5) is 0 Å². The summed E-state index contributed by atoms with van der Waals surface area (Å²) >= 11 is 6.01. The minimum absolute atomic E-state index is 0.190. The van der Waals surface area contributed by atoms with E-state index >= 15 is 0 Å². The van der Waals surface area contributed by atoms with Crippen LogP contribution in [0, 0.1) is 0 Å². The number of benzene rings is 1. The third-order valence-electron chi connectivity index (χ3n) is 3.66. The van der Waals surface area contributed by atoms with Crippen LogP contribution in [-0.4, -0.2) is 32.5 Å². The Labute approximate surface area is 112 Å². The van der Waals surface area contributed by atoms with Crippen LogP contribution < -0.4 is 5.32 Å². The Kier molecular flexibility index (Phi) is 3.85. The first-order valence-corrected chi connectivity index (χ1v) is 6.92. The number of hydrogen-bond donors (Lipinski definition) is 1. The lowest BCUT2D eigenvalue weighted by Crippen LogP contribution is -2.38. The number of fused-ring (bicyclic) bond motifs is 1. The summed E-state index contributed by atoms with van der Waals surface area (Å²) in [5.41, 5.74) is 2.76. The zero-order chi connectivity index (χ0) is 12.4. The van der Waals surface area contributed by atoms with Crippen LogP contribution in [0.5, 0.6) is 0 Å². The topological polar surface area (TPSA) is 30.5 Å². The predicted octanol–water partition coefficient (Wildman–Crippen LogP) is 2.33. The molecule has 1 aromatic carbocycles. The molecular formula is C14H18ClNO2. The van der Waals surface area contributed by atoms with Crippen LogP contribution in [0.1, 0.15) is 23.6 Å². The van der Waals surface area contributed by atoms with Crippen molar-refractivity contribution in [1.29, 1.82) is 0 Å². The van der Waals surface area contributed by atoms with Gasteiger partial charge in [0.2, 0.25) is 0 Å². The zero-order valence-corrected chi connectivity index (χ0v) is 11.1. The number of nitrogens with one attached hydrogen (secondary N) is 1. The molecule has 2 aliphatic rings. The summed E-state index contributed by atoms with van der Waals surface area (Å²) in [6.07, 6.45) is 2.44. The molecule has 1 aliphatic carbocycles. The SMILES string of the molecule is Clc1ccc2c(c1)CCC2NCC1COCCO1. The zero-order valence-electron chi connectivity index (χ0n) is 10.3. The summed E-state index contributed by atoms with van der Waals surface area (Å²) in [5, 5.41) is 4.41. The van der Waals surface area contributed by atoms with Crippen molar-refractivity contribution in [2.75, 3.05) is 26.4 Å². The summed E-state index contributed by atoms with van der Waals surface area (Å²) in [5.74, 6) is 0. The molecule has 3 rings (SSSR count). The minimum atomic E-state index is 0.190. The average Bonchev–Trinajstić information content (AvgIpc) is 2.80. The summed E-state index contributed by atoms with van der Waals surface area (Å²) in [4.78, 5) is 0. The lowest BCUT2D eigenvalue weighted by molar-refractivity contribution is -0.0870. The van der Waals surface area contributed by atoms with Crippen LogP contribution in [-0.2, 0) is 15.9 Å². The maximum absolute atomic E-state index is 6.01. The highest BCUT2D eigenvalue weighted by molar-refractivity contribution is 6.30. The number of aryl methyl sites for hydroxylation is 1. The third-order valence-corrected chi connectivity index (χ3v) is 3.89. The van der Waals surface area contributed by atoms with E-state index in [-0.39, 0.29) is 6.10 Å². The molecule has 1 heterocycles. The van der Waals surface area contributed by atoms with Gasteiger partial charge in [0, 0.05) is 17.6 Å². The maximum atomic E-state index is 6.01. The van der Waals surface area contributed by atoms with Gasteiger partial charge >= 0.3 is 0 Å². The van der Waals surface area contributed by atoms with Gasteiger partial charge in [0.25, 0.3) is 0 Å². The van der Waals surface area contributed by atoms with Crippen LogP contribution in [0.15, 0.2) is 18.2 Å². The smallest absolute Gasteiger partial charge is 0.0933 e. The molecule has 2 atom stereocenters. The lowest BCUT2D eigenvalue weighted by Gasteiger charge is -2.25. The Balaban J connectivity index is 1.59. The molecule has 1 saturated heterocycles. The number of halogens is 1. The van der Waals surface area contributed by atoms with Crippen LogP contribution in [0.3, 0.4) is 0 Å². The minimum Gasteiger partial charge on any atom is -0.376 e. The van der Waals surface area contributed by atoms with E-state index in [9.17, 15) is 0 Å². The molecule has 98 valence electrons. The highest BCUT2D eigenvalue weighted by atomic mass is 35.5. The van der Waals surface area contributed by atoms with E-state index in [1.807, 2.05) is 6.07 Å². The van der Waals surface area contributed by atoms with Gasteiger partial charge in [0.05, 0.1) is 25.9 Å². The van der Waals surface area contributed by atoms with Crippen molar-refractivity contribution in [3.8, 4) is 0 Å². The van der Waals surface area contributed by atoms with E-state index in [4.69, 9.17) is 21.1 Å². The van der Waals surface area contributed by atoms with Gasteiger partial charge in [0.1, 0.15) is 0 Å². The molecule has 0 bridgehead atoms. The van der Waals surface area contributed by atoms with Crippen molar-refractivity contribution in [3.05, 3.63) is 34.3 Å². The van der Waals surface area contributed by atoms with Crippen molar-refractivity contribution < 1.29 is 9.47 Å². The second-order valence-electron chi connectivity index (χ2n) is 4.91. The molecule has 1 fully saturated rings. The van der Waals surface area contributed by atoms with Crippen molar-refractivity contribution in [3.63, 3.8) is 0 Å². The monoisotopic (exact) mass is 267 g/mol. The van der Waals surface area contributed by atoms with Gasteiger partial charge in [-0.3, -0.25) is 0 Å². The van der Waals surface area contributed by atoms with Gasteiger partial charge < -0.3 is 14.8 Å². The molecule has 0 aromatic heterocycles. The van der Waals surface area contributed by atoms with E-state index in [0.29, 0.717) is 19.3 Å². The fourth-order valence-corrected chi connectivity index (χ4v) is 2.92. The first-order valence-electron chi connectivity index (χ1n) is 6.54. The fourth-order valence-electron chi connectivity index (χ4n) is 2.73. The third kappa shape index (κ3) is 2.69. The fraction of sp³-hybridized carbons (Fsp3) is 0.571. The molecule has 18 heavy (non-hydrogen) atoms. The summed E-state index contributed by atoms with van der Waals surface area (Å²) in [6, 6.07) is 6.63. The van der Waals surface area contributed by atoms with E-state index in [1.165, 1.54) is 11.1 Å². The molecule has 0 saturated carbocycles. The maximum Gasteiger partial charge on any atom is 0.0933 e. The summed E-state index contributed by atoms with van der Waals surface area (Å²) < 4.78 is 11.0. The van der Waals surface area contributed by atoms with Crippen molar-refractivity contribution >= 4 is 11.6 Å². The Morgan fingerprint density at radius 1 is 1.33 bits per heavy atom. The van der Waals surface area contributed by atoms with Gasteiger partial charge in [-0.05, 0) is 36.1 Å². The molecule has 1 N–H and O–H groups in total. The lowest BCUT2D eigenvalue weighted by atomic mass is 10.1. The average molecular weight is 268 g/mol. The van der Waals surface area contributed by atoms with E-state index in [0.717, 1.165) is 31.0 Å². The second-order valence-corrected chi connectivity index (χ2v) is 5.35. The molecule has 2 unspecified atom stereocenters.